The Morgan fingerprint density at radius 2 is 1.18 bits per heavy atom. The average Bonchev–Trinajstić information content (AvgIpc) is 3.22. The first-order chi connectivity index (χ1) is 31.3. The SMILES string of the molecule is CC[C@H](C)[C@H](NC(=O)[C@H](CCC(=O)O)NC(=O)[C@H](CCC(=O)O)NC(=O)[C@H](Cc1ccc(OP(=O)(O)O)cc1)NC(=O)Cc1cc(=O)oc2cc(O)ccc12)C(=O)N[C@@H](CCC(=O)O)C(=O)O. The van der Waals surface area contributed by atoms with Gasteiger partial charge in [-0.1, -0.05) is 32.4 Å². The Labute approximate surface area is 379 Å². The molecule has 3 rings (SSSR count). The Morgan fingerprint density at radius 1 is 0.672 bits per heavy atom. The van der Waals surface area contributed by atoms with Gasteiger partial charge in [-0.25, -0.2) is 14.2 Å². The van der Waals surface area contributed by atoms with E-state index in [4.69, 9.17) is 9.52 Å². The molecule has 12 N–H and O–H groups in total. The highest BCUT2D eigenvalue weighted by Gasteiger charge is 2.35. The molecule has 0 aliphatic heterocycles. The van der Waals surface area contributed by atoms with Crippen molar-refractivity contribution in [1.82, 2.24) is 26.6 Å². The standard InChI is InChI=1S/C41H50N5O20P/c1-3-20(2)36(40(59)45-28(41(60)61)12-15-34(53)54)46-38(57)27(11-14-33(51)52)43-37(56)26(10-13-32(49)50)44-39(58)29(16-21-4-7-24(8-5-21)66-67(62,63)64)42-31(48)17-22-18-35(55)65-30-19-23(47)6-9-25(22)30/h4-9,18-20,26-29,36,47H,3,10-17H2,1-2H3,(H,42,48)(H,43,56)(H,44,58)(H,45,59)(H,46,57)(H,49,50)(H,51,52)(H,53,54)(H,60,61)(H2,62,63,64)/t20-,26-,27-,28-,29-,36-/m0/s1. The lowest BCUT2D eigenvalue weighted by Gasteiger charge is -2.28. The number of phenols is 1. The van der Waals surface area contributed by atoms with Gasteiger partial charge in [0.15, 0.2) is 0 Å². The number of rotatable bonds is 27. The number of amides is 5. The maximum absolute atomic E-state index is 14.1. The van der Waals surface area contributed by atoms with E-state index < -0.39 is 154 Å². The zero-order chi connectivity index (χ0) is 50.2. The first kappa shape index (κ1) is 54.0. The lowest BCUT2D eigenvalue weighted by atomic mass is 9.96. The van der Waals surface area contributed by atoms with Crippen molar-refractivity contribution in [3.8, 4) is 11.5 Å². The van der Waals surface area contributed by atoms with Crippen LogP contribution in [0.15, 0.2) is 57.7 Å². The number of carbonyl (C=O) groups is 9. The highest BCUT2D eigenvalue weighted by Crippen LogP contribution is 2.37. The number of hydrogen-bond acceptors (Lipinski definition) is 14. The number of fused-ring (bicyclic) bond motifs is 1. The van der Waals surface area contributed by atoms with Crippen LogP contribution in [0.1, 0.15) is 69.9 Å². The minimum Gasteiger partial charge on any atom is -0.508 e. The van der Waals surface area contributed by atoms with Crippen molar-refractivity contribution in [3.63, 3.8) is 0 Å². The molecule has 0 bridgehead atoms. The lowest BCUT2D eigenvalue weighted by Crippen LogP contribution is -2.60. The largest absolute Gasteiger partial charge is 0.524 e. The third kappa shape index (κ3) is 18.2. The second-order valence-corrected chi connectivity index (χ2v) is 16.4. The molecule has 0 saturated heterocycles. The Bertz CT molecular complexity index is 2440. The summed E-state index contributed by atoms with van der Waals surface area (Å²) in [5, 5.41) is 59.3. The first-order valence-electron chi connectivity index (χ1n) is 20.3. The number of phenolic OH excluding ortho intramolecular Hbond substituents is 1. The summed E-state index contributed by atoms with van der Waals surface area (Å²) in [5.41, 5.74) is -0.593. The summed E-state index contributed by atoms with van der Waals surface area (Å²) < 4.78 is 21.0. The number of carboxylic acids is 4. The fourth-order valence-electron chi connectivity index (χ4n) is 6.41. The average molecular weight is 964 g/mol. The molecule has 0 radical (unpaired) electrons. The molecule has 364 valence electrons. The van der Waals surface area contributed by atoms with Crippen LogP contribution in [-0.2, 0) is 60.6 Å². The molecule has 1 aromatic heterocycles. The highest BCUT2D eigenvalue weighted by atomic mass is 31.2. The van der Waals surface area contributed by atoms with Gasteiger partial charge in [0, 0.05) is 43.2 Å². The number of aromatic hydroxyl groups is 1. The van der Waals surface area contributed by atoms with Gasteiger partial charge in [0.1, 0.15) is 47.3 Å². The predicted octanol–water partition coefficient (Wildman–Crippen LogP) is -0.0956. The quantitative estimate of drug-likeness (QED) is 0.0351. The topological polar surface area (TPSA) is 412 Å². The van der Waals surface area contributed by atoms with Crippen molar-refractivity contribution >= 4 is 72.2 Å². The van der Waals surface area contributed by atoms with Gasteiger partial charge < -0.3 is 61.1 Å². The van der Waals surface area contributed by atoms with Crippen molar-refractivity contribution in [2.24, 2.45) is 5.92 Å². The number of nitrogens with one attached hydrogen (secondary N) is 5. The monoisotopic (exact) mass is 963 g/mol. The molecule has 0 unspecified atom stereocenters. The van der Waals surface area contributed by atoms with Gasteiger partial charge in [-0.05, 0) is 60.6 Å². The number of phosphoric acid groups is 1. The Kier molecular flexibility index (Phi) is 20.0. The van der Waals surface area contributed by atoms with Crippen LogP contribution in [0.25, 0.3) is 11.0 Å². The Hall–Kier alpha value is -7.37. The molecular weight excluding hydrogens is 913 g/mol. The maximum Gasteiger partial charge on any atom is 0.524 e. The lowest BCUT2D eigenvalue weighted by molar-refractivity contribution is -0.144. The molecule has 0 saturated carbocycles. The molecule has 0 spiro atoms. The van der Waals surface area contributed by atoms with Crippen LogP contribution < -0.4 is 36.7 Å². The van der Waals surface area contributed by atoms with Crippen LogP contribution in [0, 0.1) is 5.92 Å². The summed E-state index contributed by atoms with van der Waals surface area (Å²) in [7, 11) is -4.97. The van der Waals surface area contributed by atoms with Gasteiger partial charge in [-0.15, -0.1) is 0 Å². The molecule has 26 heteroatoms. The summed E-state index contributed by atoms with van der Waals surface area (Å²) in [6.45, 7) is 3.13. The van der Waals surface area contributed by atoms with E-state index in [1.54, 1.807) is 6.92 Å². The second kappa shape index (κ2) is 24.8. The van der Waals surface area contributed by atoms with Crippen LogP contribution in [0.3, 0.4) is 0 Å². The maximum atomic E-state index is 14.1. The van der Waals surface area contributed by atoms with Gasteiger partial charge in [0.25, 0.3) is 0 Å². The number of benzene rings is 2. The van der Waals surface area contributed by atoms with Crippen LogP contribution >= 0.6 is 7.82 Å². The van der Waals surface area contributed by atoms with Gasteiger partial charge in [-0.2, -0.15) is 0 Å². The van der Waals surface area contributed by atoms with Crippen molar-refractivity contribution in [3.05, 3.63) is 70.1 Å². The van der Waals surface area contributed by atoms with E-state index in [9.17, 15) is 82.7 Å². The molecule has 67 heavy (non-hydrogen) atoms. The molecule has 5 amide bonds. The first-order valence-corrected chi connectivity index (χ1v) is 21.9. The van der Waals surface area contributed by atoms with Crippen molar-refractivity contribution in [2.45, 2.75) is 102 Å². The van der Waals surface area contributed by atoms with E-state index in [1.165, 1.54) is 31.2 Å². The molecule has 0 fully saturated rings. The smallest absolute Gasteiger partial charge is 0.508 e. The zero-order valence-corrected chi connectivity index (χ0v) is 36.7. The Balaban J connectivity index is 1.96. The molecule has 6 atom stereocenters. The van der Waals surface area contributed by atoms with Crippen molar-refractivity contribution < 1.29 is 92.0 Å². The summed E-state index contributed by atoms with van der Waals surface area (Å²) in [6.07, 6.45) is -4.64. The number of carbonyl (C=O) groups excluding carboxylic acids is 5. The Morgan fingerprint density at radius 3 is 1.69 bits per heavy atom. The fourth-order valence-corrected chi connectivity index (χ4v) is 6.81. The van der Waals surface area contributed by atoms with E-state index in [-0.39, 0.29) is 40.0 Å². The highest BCUT2D eigenvalue weighted by molar-refractivity contribution is 7.46. The second-order valence-electron chi connectivity index (χ2n) is 15.2. The minimum absolute atomic E-state index is 0.0664. The molecule has 3 aromatic rings. The third-order valence-corrected chi connectivity index (χ3v) is 10.5. The fraction of sp³-hybridized carbons (Fsp3) is 0.415. The van der Waals surface area contributed by atoms with E-state index in [0.29, 0.717) is 0 Å². The molecule has 0 aliphatic rings. The molecule has 1 heterocycles. The van der Waals surface area contributed by atoms with Crippen LogP contribution in [0.5, 0.6) is 11.5 Å². The molecule has 25 nitrogen and oxygen atoms in total. The molecular formula is C41H50N5O20P. The van der Waals surface area contributed by atoms with E-state index in [1.807, 2.05) is 0 Å². The van der Waals surface area contributed by atoms with Crippen LogP contribution in [-0.4, -0.2) is 119 Å². The van der Waals surface area contributed by atoms with Gasteiger partial charge in [0.2, 0.25) is 29.5 Å². The van der Waals surface area contributed by atoms with Crippen LogP contribution in [0.2, 0.25) is 0 Å². The summed E-state index contributed by atoms with van der Waals surface area (Å²) in [6, 6.07) is 1.22. The number of hydrogen-bond donors (Lipinski definition) is 12. The number of carboxylic acid groups (broad SMARTS) is 4. The zero-order valence-electron chi connectivity index (χ0n) is 35.8. The number of phosphoric ester groups is 1. The molecule has 2 aromatic carbocycles. The van der Waals surface area contributed by atoms with E-state index in [0.717, 1.165) is 24.3 Å². The van der Waals surface area contributed by atoms with E-state index in [2.05, 4.69) is 31.1 Å². The van der Waals surface area contributed by atoms with E-state index >= 15 is 0 Å². The molecule has 0 aliphatic carbocycles. The summed E-state index contributed by atoms with van der Waals surface area (Å²) >= 11 is 0. The summed E-state index contributed by atoms with van der Waals surface area (Å²) in [4.78, 5) is 146. The van der Waals surface area contributed by atoms with Gasteiger partial charge >= 0.3 is 37.3 Å². The van der Waals surface area contributed by atoms with Gasteiger partial charge in [0.05, 0.1) is 6.42 Å². The van der Waals surface area contributed by atoms with Gasteiger partial charge in [-0.3, -0.25) is 48.1 Å². The summed E-state index contributed by atoms with van der Waals surface area (Å²) in [5.74, 6) is -12.4. The van der Waals surface area contributed by atoms with Crippen molar-refractivity contribution in [1.29, 1.82) is 0 Å². The number of aliphatic carboxylic acids is 4. The van der Waals surface area contributed by atoms with Crippen LogP contribution in [0.4, 0.5) is 0 Å². The normalized spacial score (nSPS) is 13.9. The third-order valence-electron chi connectivity index (χ3n) is 10.0. The van der Waals surface area contributed by atoms with Crippen molar-refractivity contribution in [2.75, 3.05) is 0 Å². The minimum atomic E-state index is -4.97. The predicted molar refractivity (Wildman–Crippen MR) is 228 cm³/mol.